The van der Waals surface area contributed by atoms with Gasteiger partial charge in [-0.1, -0.05) is 23.4 Å². The van der Waals surface area contributed by atoms with Crippen LogP contribution >= 0.6 is 23.4 Å². The minimum Gasteiger partial charge on any atom is -0.382 e. The van der Waals surface area contributed by atoms with E-state index < -0.39 is 0 Å². The molecule has 2 N–H and O–H groups in total. The van der Waals surface area contributed by atoms with Gasteiger partial charge in [0.05, 0.1) is 5.75 Å². The van der Waals surface area contributed by atoms with Crippen LogP contribution in [0.15, 0.2) is 29.4 Å². The molecule has 0 saturated heterocycles. The van der Waals surface area contributed by atoms with Crippen molar-refractivity contribution in [2.24, 2.45) is 0 Å². The van der Waals surface area contributed by atoms with Gasteiger partial charge in [0.25, 0.3) is 0 Å². The molecule has 1 heterocycles. The van der Waals surface area contributed by atoms with Crippen molar-refractivity contribution in [3.63, 3.8) is 0 Å². The summed E-state index contributed by atoms with van der Waals surface area (Å²) >= 11 is 7.15. The molecule has 0 fully saturated rings. The van der Waals surface area contributed by atoms with Crippen LogP contribution in [0.2, 0.25) is 5.02 Å². The van der Waals surface area contributed by atoms with Gasteiger partial charge >= 0.3 is 0 Å². The zero-order valence-electron chi connectivity index (χ0n) is 12.8. The Hall–Kier alpha value is -1.57. The summed E-state index contributed by atoms with van der Waals surface area (Å²) < 4.78 is 5.21. The van der Waals surface area contributed by atoms with Crippen LogP contribution in [0.5, 0.6) is 0 Å². The Morgan fingerprint density at radius 2 is 2.17 bits per heavy atom. The zero-order chi connectivity index (χ0) is 16.5. The number of hydrogen-bond donors (Lipinski definition) is 2. The summed E-state index contributed by atoms with van der Waals surface area (Å²) in [6.45, 7) is 3.92. The van der Waals surface area contributed by atoms with Crippen molar-refractivity contribution >= 4 is 29.3 Å². The average molecular weight is 355 g/mol. The van der Waals surface area contributed by atoms with Crippen LogP contribution in [0.3, 0.4) is 0 Å². The van der Waals surface area contributed by atoms with Gasteiger partial charge in [0, 0.05) is 30.3 Å². The quantitative estimate of drug-likeness (QED) is 0.534. The van der Waals surface area contributed by atoms with E-state index in [1.807, 2.05) is 19.1 Å². The molecule has 0 aliphatic carbocycles. The molecule has 0 aliphatic rings. The lowest BCUT2D eigenvalue weighted by molar-refractivity contribution is -0.118. The number of H-pyrrole nitrogens is 1. The maximum Gasteiger partial charge on any atom is 0.230 e. The molecular weight excluding hydrogens is 336 g/mol. The Balaban J connectivity index is 1.74. The van der Waals surface area contributed by atoms with Crippen LogP contribution < -0.4 is 5.32 Å². The molecule has 0 bridgehead atoms. The van der Waals surface area contributed by atoms with E-state index in [1.54, 1.807) is 12.1 Å². The van der Waals surface area contributed by atoms with Gasteiger partial charge in [-0.3, -0.25) is 9.89 Å². The number of ether oxygens (including phenoxy) is 1. The highest BCUT2D eigenvalue weighted by atomic mass is 35.5. The van der Waals surface area contributed by atoms with Crippen LogP contribution in [0.4, 0.5) is 0 Å². The first-order chi connectivity index (χ1) is 11.2. The number of rotatable bonds is 9. The minimum absolute atomic E-state index is 0.0376. The fourth-order valence-corrected chi connectivity index (χ4v) is 2.53. The van der Waals surface area contributed by atoms with E-state index in [9.17, 15) is 4.79 Å². The monoisotopic (exact) mass is 354 g/mol. The summed E-state index contributed by atoms with van der Waals surface area (Å²) in [7, 11) is 0. The number of halogens is 1. The Bertz CT molecular complexity index is 618. The molecule has 2 rings (SSSR count). The number of nitrogens with one attached hydrogen (secondary N) is 2. The SMILES string of the molecule is CCOCCCNC(=O)CSc1n[nH]c(-c2ccc(Cl)cc2)n1. The maximum absolute atomic E-state index is 11.7. The van der Waals surface area contributed by atoms with Crippen molar-refractivity contribution < 1.29 is 9.53 Å². The average Bonchev–Trinajstić information content (AvgIpc) is 3.02. The summed E-state index contributed by atoms with van der Waals surface area (Å²) in [5.74, 6) is 0.901. The van der Waals surface area contributed by atoms with Crippen molar-refractivity contribution in [1.82, 2.24) is 20.5 Å². The number of aromatic nitrogens is 3. The Kier molecular flexibility index (Phi) is 7.38. The number of aromatic amines is 1. The molecule has 23 heavy (non-hydrogen) atoms. The summed E-state index contributed by atoms with van der Waals surface area (Å²) in [4.78, 5) is 16.1. The lowest BCUT2D eigenvalue weighted by Gasteiger charge is -2.04. The number of benzene rings is 1. The lowest BCUT2D eigenvalue weighted by Crippen LogP contribution is -2.26. The predicted molar refractivity (Wildman–Crippen MR) is 91.7 cm³/mol. The number of amides is 1. The summed E-state index contributed by atoms with van der Waals surface area (Å²) in [5, 5.41) is 11.0. The van der Waals surface area contributed by atoms with Gasteiger partial charge in [-0.25, -0.2) is 4.98 Å². The maximum atomic E-state index is 11.7. The number of hydrogen-bond acceptors (Lipinski definition) is 5. The summed E-state index contributed by atoms with van der Waals surface area (Å²) in [6, 6.07) is 7.31. The summed E-state index contributed by atoms with van der Waals surface area (Å²) in [5.41, 5.74) is 0.897. The van der Waals surface area contributed by atoms with E-state index >= 15 is 0 Å². The Morgan fingerprint density at radius 1 is 1.39 bits per heavy atom. The van der Waals surface area contributed by atoms with Crippen LogP contribution in [0.25, 0.3) is 11.4 Å². The zero-order valence-corrected chi connectivity index (χ0v) is 14.4. The fraction of sp³-hybridized carbons (Fsp3) is 0.400. The van der Waals surface area contributed by atoms with Crippen molar-refractivity contribution in [3.05, 3.63) is 29.3 Å². The number of nitrogens with zero attached hydrogens (tertiary/aromatic N) is 2. The van der Waals surface area contributed by atoms with Gasteiger partial charge in [-0.05, 0) is 37.6 Å². The molecule has 0 spiro atoms. The molecule has 0 aliphatic heterocycles. The van der Waals surface area contributed by atoms with E-state index in [-0.39, 0.29) is 11.7 Å². The molecule has 0 unspecified atom stereocenters. The van der Waals surface area contributed by atoms with Crippen molar-refractivity contribution in [1.29, 1.82) is 0 Å². The van der Waals surface area contributed by atoms with Gasteiger partial charge in [-0.15, -0.1) is 5.10 Å². The van der Waals surface area contributed by atoms with Gasteiger partial charge in [-0.2, -0.15) is 0 Å². The highest BCUT2D eigenvalue weighted by Crippen LogP contribution is 2.20. The van der Waals surface area contributed by atoms with Gasteiger partial charge in [0.2, 0.25) is 11.1 Å². The fourth-order valence-electron chi connectivity index (χ4n) is 1.78. The first-order valence-corrected chi connectivity index (χ1v) is 8.71. The molecular formula is C15H19ClN4O2S. The molecule has 0 atom stereocenters. The first kappa shape index (κ1) is 17.8. The molecule has 6 nitrogen and oxygen atoms in total. The molecule has 0 radical (unpaired) electrons. The minimum atomic E-state index is -0.0376. The number of carbonyl (C=O) groups excluding carboxylic acids is 1. The molecule has 1 amide bonds. The molecule has 0 saturated carbocycles. The van der Waals surface area contributed by atoms with Crippen molar-refractivity contribution in [3.8, 4) is 11.4 Å². The second-order valence-corrected chi connectivity index (χ2v) is 6.04. The molecule has 1 aromatic carbocycles. The normalized spacial score (nSPS) is 10.7. The van der Waals surface area contributed by atoms with E-state index in [4.69, 9.17) is 16.3 Å². The van der Waals surface area contributed by atoms with Crippen molar-refractivity contribution in [2.45, 2.75) is 18.5 Å². The topological polar surface area (TPSA) is 79.9 Å². The highest BCUT2D eigenvalue weighted by molar-refractivity contribution is 7.99. The van der Waals surface area contributed by atoms with Crippen LogP contribution in [0.1, 0.15) is 13.3 Å². The largest absolute Gasteiger partial charge is 0.382 e. The Morgan fingerprint density at radius 3 is 2.91 bits per heavy atom. The van der Waals surface area contributed by atoms with Crippen LogP contribution in [0, 0.1) is 0 Å². The molecule has 1 aromatic heterocycles. The number of carbonyl (C=O) groups is 1. The second kappa shape index (κ2) is 9.54. The standard InChI is InChI=1S/C15H19ClN4O2S/c1-2-22-9-3-8-17-13(21)10-23-15-18-14(19-20-15)11-4-6-12(16)7-5-11/h4-7H,2-3,8-10H2,1H3,(H,17,21)(H,18,19,20). The van der Waals surface area contributed by atoms with Crippen LogP contribution in [-0.2, 0) is 9.53 Å². The van der Waals surface area contributed by atoms with Gasteiger partial charge in [0.1, 0.15) is 0 Å². The third-order valence-electron chi connectivity index (χ3n) is 2.91. The predicted octanol–water partition coefficient (Wildman–Crippen LogP) is 2.76. The smallest absolute Gasteiger partial charge is 0.230 e. The first-order valence-electron chi connectivity index (χ1n) is 7.34. The molecule has 124 valence electrons. The number of thioether (sulfide) groups is 1. The van der Waals surface area contributed by atoms with Crippen molar-refractivity contribution in [2.75, 3.05) is 25.5 Å². The molecule has 2 aromatic rings. The highest BCUT2D eigenvalue weighted by Gasteiger charge is 2.08. The van der Waals surface area contributed by atoms with Crippen LogP contribution in [-0.4, -0.2) is 46.6 Å². The lowest BCUT2D eigenvalue weighted by atomic mass is 10.2. The van der Waals surface area contributed by atoms with E-state index in [1.165, 1.54) is 11.8 Å². The third kappa shape index (κ3) is 6.21. The second-order valence-electron chi connectivity index (χ2n) is 4.66. The van der Waals surface area contributed by atoms with E-state index in [0.717, 1.165) is 12.0 Å². The van der Waals surface area contributed by atoms with Gasteiger partial charge < -0.3 is 10.1 Å². The Labute approximate surface area is 144 Å². The third-order valence-corrected chi connectivity index (χ3v) is 4.01. The van der Waals surface area contributed by atoms with Gasteiger partial charge in [0.15, 0.2) is 5.82 Å². The van der Waals surface area contributed by atoms with E-state index in [2.05, 4.69) is 20.5 Å². The van der Waals surface area contributed by atoms with E-state index in [0.29, 0.717) is 35.8 Å². The summed E-state index contributed by atoms with van der Waals surface area (Å²) in [6.07, 6.45) is 0.811. The molecule has 8 heteroatoms.